The van der Waals surface area contributed by atoms with Gasteiger partial charge in [-0.1, -0.05) is 18.2 Å². The van der Waals surface area contributed by atoms with Crippen molar-refractivity contribution in [3.8, 4) is 0 Å². The van der Waals surface area contributed by atoms with Gasteiger partial charge in [0.25, 0.3) is 5.91 Å². The summed E-state index contributed by atoms with van der Waals surface area (Å²) in [5.41, 5.74) is 9.47. The number of aromatic nitrogens is 2. The molecule has 4 N–H and O–H groups in total. The molecule has 0 saturated heterocycles. The zero-order chi connectivity index (χ0) is 19.2. The lowest BCUT2D eigenvalue weighted by atomic mass is 10.1. The van der Waals surface area contributed by atoms with Gasteiger partial charge in [0.15, 0.2) is 0 Å². The third kappa shape index (κ3) is 4.36. The molecule has 0 spiro atoms. The molecule has 27 heavy (non-hydrogen) atoms. The first-order valence-corrected chi connectivity index (χ1v) is 8.72. The zero-order valence-corrected chi connectivity index (χ0v) is 15.4. The van der Waals surface area contributed by atoms with Gasteiger partial charge in [0.1, 0.15) is 0 Å². The molecule has 0 bridgehead atoms. The molecule has 1 heterocycles. The lowest BCUT2D eigenvalue weighted by Gasteiger charge is -2.13. The monoisotopic (exact) mass is 361 g/mol. The van der Waals surface area contributed by atoms with Crippen LogP contribution < -0.4 is 16.4 Å². The van der Waals surface area contributed by atoms with Gasteiger partial charge >= 0.3 is 0 Å². The topological polar surface area (TPSA) is 85.0 Å². The first-order valence-electron chi connectivity index (χ1n) is 8.72. The van der Waals surface area contributed by atoms with Crippen LogP contribution in [0.4, 0.5) is 11.4 Å². The highest BCUT2D eigenvalue weighted by Gasteiger charge is 2.12. The molecule has 138 valence electrons. The molecule has 1 aromatic heterocycles. The lowest BCUT2D eigenvalue weighted by Crippen LogP contribution is -2.15. The summed E-state index contributed by atoms with van der Waals surface area (Å²) in [6.45, 7) is 2.53. The van der Waals surface area contributed by atoms with E-state index in [2.05, 4.69) is 15.7 Å². The quantitative estimate of drug-likeness (QED) is 0.585. The van der Waals surface area contributed by atoms with Gasteiger partial charge < -0.3 is 16.4 Å². The zero-order valence-electron chi connectivity index (χ0n) is 15.4. The van der Waals surface area contributed by atoms with Crippen molar-refractivity contribution in [3.05, 3.63) is 78.1 Å². The summed E-state index contributed by atoms with van der Waals surface area (Å²) in [4.78, 5) is 12.8. The third-order valence-corrected chi connectivity index (χ3v) is 4.21. The highest BCUT2D eigenvalue weighted by molar-refractivity contribution is 6.08. The minimum absolute atomic E-state index is 0.169. The summed E-state index contributed by atoms with van der Waals surface area (Å²) >= 11 is 0. The van der Waals surface area contributed by atoms with E-state index in [0.29, 0.717) is 12.1 Å². The van der Waals surface area contributed by atoms with E-state index in [1.165, 1.54) is 6.20 Å². The summed E-state index contributed by atoms with van der Waals surface area (Å²) in [5, 5.41) is 11.6. The SMILES string of the molecule is C/C=C(\C=C/N)CNc1ccccc1C(=O)Nc1ccc2nn(C)cc2c1. The Labute approximate surface area is 158 Å². The maximum Gasteiger partial charge on any atom is 0.257 e. The number of fused-ring (bicyclic) bond motifs is 1. The van der Waals surface area contributed by atoms with Gasteiger partial charge in [-0.05, 0) is 55.1 Å². The van der Waals surface area contributed by atoms with E-state index in [-0.39, 0.29) is 5.91 Å². The van der Waals surface area contributed by atoms with Gasteiger partial charge in [-0.25, -0.2) is 0 Å². The number of hydrogen-bond acceptors (Lipinski definition) is 4. The smallest absolute Gasteiger partial charge is 0.257 e. The molecule has 2 aromatic carbocycles. The van der Waals surface area contributed by atoms with Gasteiger partial charge in [0.05, 0.1) is 11.1 Å². The molecule has 0 unspecified atom stereocenters. The van der Waals surface area contributed by atoms with Crippen molar-refractivity contribution in [2.45, 2.75) is 6.92 Å². The van der Waals surface area contributed by atoms with Crippen LogP contribution >= 0.6 is 0 Å². The van der Waals surface area contributed by atoms with E-state index in [4.69, 9.17) is 5.73 Å². The van der Waals surface area contributed by atoms with Gasteiger partial charge in [-0.3, -0.25) is 9.48 Å². The van der Waals surface area contributed by atoms with Crippen LogP contribution in [0.1, 0.15) is 17.3 Å². The van der Waals surface area contributed by atoms with Gasteiger partial charge in [-0.15, -0.1) is 0 Å². The molecule has 6 nitrogen and oxygen atoms in total. The van der Waals surface area contributed by atoms with Crippen LogP contribution in [0.15, 0.2) is 72.6 Å². The number of nitrogens with zero attached hydrogens (tertiary/aromatic N) is 2. The van der Waals surface area contributed by atoms with Crippen LogP contribution in [0, 0.1) is 0 Å². The second kappa shape index (κ2) is 8.23. The molecular weight excluding hydrogens is 338 g/mol. The molecule has 3 rings (SSSR count). The average molecular weight is 361 g/mol. The Bertz CT molecular complexity index is 1020. The molecule has 0 aliphatic carbocycles. The predicted octanol–water partition coefficient (Wildman–Crippen LogP) is 3.66. The number of benzene rings is 2. The largest absolute Gasteiger partial charge is 0.405 e. The van der Waals surface area contributed by atoms with Crippen LogP contribution in [-0.4, -0.2) is 22.2 Å². The minimum Gasteiger partial charge on any atom is -0.405 e. The first kappa shape index (κ1) is 18.3. The minimum atomic E-state index is -0.169. The van der Waals surface area contributed by atoms with E-state index >= 15 is 0 Å². The number of nitrogens with one attached hydrogen (secondary N) is 2. The highest BCUT2D eigenvalue weighted by Crippen LogP contribution is 2.21. The van der Waals surface area contributed by atoms with Crippen LogP contribution in [0.25, 0.3) is 10.9 Å². The Hall–Kier alpha value is -3.54. The summed E-state index contributed by atoms with van der Waals surface area (Å²) in [7, 11) is 1.87. The number of nitrogens with two attached hydrogens (primary N) is 1. The number of carbonyl (C=O) groups is 1. The van der Waals surface area contributed by atoms with E-state index in [0.717, 1.165) is 27.9 Å². The number of allylic oxidation sites excluding steroid dienone is 1. The van der Waals surface area contributed by atoms with Gasteiger partial charge in [0, 0.05) is 36.6 Å². The Morgan fingerprint density at radius 3 is 2.85 bits per heavy atom. The summed E-state index contributed by atoms with van der Waals surface area (Å²) < 4.78 is 1.75. The van der Waals surface area contributed by atoms with Gasteiger partial charge in [-0.2, -0.15) is 5.10 Å². The molecule has 3 aromatic rings. The number of rotatable bonds is 6. The first-order chi connectivity index (χ1) is 13.1. The third-order valence-electron chi connectivity index (χ3n) is 4.21. The van der Waals surface area contributed by atoms with E-state index in [9.17, 15) is 4.79 Å². The van der Waals surface area contributed by atoms with E-state index in [1.807, 2.05) is 68.7 Å². The number of aryl methyl sites for hydroxylation is 1. The Morgan fingerprint density at radius 2 is 2.07 bits per heavy atom. The van der Waals surface area contributed by atoms with Crippen LogP contribution in [0.5, 0.6) is 0 Å². The summed E-state index contributed by atoms with van der Waals surface area (Å²) in [5.74, 6) is -0.169. The molecule has 0 fully saturated rings. The second-order valence-electron chi connectivity index (χ2n) is 6.15. The van der Waals surface area contributed by atoms with E-state index in [1.54, 1.807) is 10.7 Å². The Balaban J connectivity index is 1.77. The lowest BCUT2D eigenvalue weighted by molar-refractivity contribution is 0.102. The maximum atomic E-state index is 12.8. The fourth-order valence-electron chi connectivity index (χ4n) is 2.84. The molecule has 1 amide bonds. The number of anilines is 2. The van der Waals surface area contributed by atoms with Crippen molar-refractivity contribution >= 4 is 28.2 Å². The van der Waals surface area contributed by atoms with Crippen molar-refractivity contribution in [2.75, 3.05) is 17.2 Å². The molecule has 0 aliphatic heterocycles. The normalized spacial score (nSPS) is 11.9. The van der Waals surface area contributed by atoms with Crippen molar-refractivity contribution in [3.63, 3.8) is 0 Å². The second-order valence-corrected chi connectivity index (χ2v) is 6.15. The summed E-state index contributed by atoms with van der Waals surface area (Å²) in [6.07, 6.45) is 7.23. The number of para-hydroxylation sites is 1. The average Bonchev–Trinajstić information content (AvgIpc) is 3.04. The van der Waals surface area contributed by atoms with Crippen LogP contribution in [0.2, 0.25) is 0 Å². The molecular formula is C21H23N5O. The summed E-state index contributed by atoms with van der Waals surface area (Å²) in [6, 6.07) is 13.1. The van der Waals surface area contributed by atoms with Crippen molar-refractivity contribution in [1.82, 2.24) is 9.78 Å². The molecule has 6 heteroatoms. The van der Waals surface area contributed by atoms with Crippen LogP contribution in [-0.2, 0) is 7.05 Å². The maximum absolute atomic E-state index is 12.8. The highest BCUT2D eigenvalue weighted by atomic mass is 16.1. The number of hydrogen-bond donors (Lipinski definition) is 3. The van der Waals surface area contributed by atoms with E-state index < -0.39 is 0 Å². The standard InChI is InChI=1S/C21H23N5O/c1-3-15(10-11-22)13-23-20-7-5-4-6-18(20)21(27)24-17-8-9-19-16(12-17)14-26(2)25-19/h3-12,14,23H,13,22H2,1-2H3,(H,24,27)/b11-10-,15-3+. The Morgan fingerprint density at radius 1 is 1.26 bits per heavy atom. The number of carbonyl (C=O) groups excluding carboxylic acids is 1. The van der Waals surface area contributed by atoms with Gasteiger partial charge in [0.2, 0.25) is 0 Å². The van der Waals surface area contributed by atoms with Crippen molar-refractivity contribution in [2.24, 2.45) is 12.8 Å². The molecule has 0 radical (unpaired) electrons. The number of amides is 1. The fraction of sp³-hybridized carbons (Fsp3) is 0.143. The van der Waals surface area contributed by atoms with Crippen molar-refractivity contribution in [1.29, 1.82) is 0 Å². The van der Waals surface area contributed by atoms with Crippen molar-refractivity contribution < 1.29 is 4.79 Å². The molecule has 0 aliphatic rings. The predicted molar refractivity (Wildman–Crippen MR) is 111 cm³/mol. The molecule has 0 saturated carbocycles. The van der Waals surface area contributed by atoms with Crippen LogP contribution in [0.3, 0.4) is 0 Å². The fourth-order valence-corrected chi connectivity index (χ4v) is 2.84. The molecule has 0 atom stereocenters. The Kier molecular flexibility index (Phi) is 5.56.